The first kappa shape index (κ1) is 27.1. The summed E-state index contributed by atoms with van der Waals surface area (Å²) in [5.74, 6) is -0.423. The van der Waals surface area contributed by atoms with E-state index >= 15 is 0 Å². The third kappa shape index (κ3) is 9.38. The maximum Gasteiger partial charge on any atom is 0.407 e. The zero-order valence-electron chi connectivity index (χ0n) is 20.6. The van der Waals surface area contributed by atoms with Crippen LogP contribution in [0.25, 0.3) is 10.6 Å². The Bertz CT molecular complexity index is 989. The monoisotopic (exact) mass is 495 g/mol. The molecule has 2 heterocycles. The van der Waals surface area contributed by atoms with Gasteiger partial charge in [0.25, 0.3) is 0 Å². The summed E-state index contributed by atoms with van der Waals surface area (Å²) >= 11 is 1.20. The number of aromatic nitrogens is 3. The molecule has 188 valence electrons. The van der Waals surface area contributed by atoms with Gasteiger partial charge in [-0.1, -0.05) is 0 Å². The molecule has 0 fully saturated rings. The number of ether oxygens (including phenoxy) is 3. The summed E-state index contributed by atoms with van der Waals surface area (Å²) in [4.78, 5) is 40.9. The molecule has 0 spiro atoms. The average molecular weight is 496 g/mol. The molecule has 0 aromatic carbocycles. The predicted molar refractivity (Wildman–Crippen MR) is 127 cm³/mol. The standard InChI is InChI=1S/C22H33N5O6S/c1-8-31-18(28)16-11-23-17(34-16)14-9-25-27(12-14)13-15(26-20(30)33-22(5,6)7)10-24-19(29)32-21(2,3)4/h9,11-12,15H,8,10,13H2,1-7H3,(H,24,29)(H,26,30). The highest BCUT2D eigenvalue weighted by atomic mass is 32.1. The lowest BCUT2D eigenvalue weighted by atomic mass is 10.2. The first-order valence-corrected chi connectivity index (χ1v) is 11.7. The van der Waals surface area contributed by atoms with Crippen molar-refractivity contribution >= 4 is 29.5 Å². The van der Waals surface area contributed by atoms with Crippen molar-refractivity contribution in [2.24, 2.45) is 0 Å². The zero-order valence-corrected chi connectivity index (χ0v) is 21.4. The summed E-state index contributed by atoms with van der Waals surface area (Å²) in [5.41, 5.74) is -0.615. The third-order valence-electron chi connectivity index (χ3n) is 3.88. The quantitative estimate of drug-likeness (QED) is 0.419. The van der Waals surface area contributed by atoms with Gasteiger partial charge in [0.2, 0.25) is 0 Å². The number of alkyl carbamates (subject to hydrolysis) is 2. The molecular formula is C22H33N5O6S. The van der Waals surface area contributed by atoms with E-state index in [0.717, 1.165) is 0 Å². The molecule has 2 N–H and O–H groups in total. The summed E-state index contributed by atoms with van der Waals surface area (Å²) in [6.07, 6.45) is 3.60. The zero-order chi connectivity index (χ0) is 25.5. The number of carbonyl (C=O) groups excluding carboxylic acids is 3. The molecule has 1 atom stereocenters. The number of nitrogens with one attached hydrogen (secondary N) is 2. The number of hydrogen-bond donors (Lipinski definition) is 2. The minimum atomic E-state index is -0.673. The number of hydrogen-bond acceptors (Lipinski definition) is 9. The molecule has 2 aromatic heterocycles. The van der Waals surface area contributed by atoms with Crippen molar-refractivity contribution in [3.05, 3.63) is 23.5 Å². The van der Waals surface area contributed by atoms with Crippen LogP contribution in [-0.2, 0) is 20.8 Å². The Morgan fingerprint density at radius 2 is 1.71 bits per heavy atom. The van der Waals surface area contributed by atoms with Crippen molar-refractivity contribution in [3.63, 3.8) is 0 Å². The van der Waals surface area contributed by atoms with Crippen LogP contribution < -0.4 is 10.6 Å². The number of esters is 1. The Morgan fingerprint density at radius 1 is 1.06 bits per heavy atom. The summed E-state index contributed by atoms with van der Waals surface area (Å²) in [7, 11) is 0. The lowest BCUT2D eigenvalue weighted by Crippen LogP contribution is -2.48. The second-order valence-corrected chi connectivity index (χ2v) is 10.5. The highest BCUT2D eigenvalue weighted by molar-refractivity contribution is 7.16. The van der Waals surface area contributed by atoms with Gasteiger partial charge in [-0.25, -0.2) is 19.4 Å². The van der Waals surface area contributed by atoms with Crippen LogP contribution in [0.3, 0.4) is 0 Å². The molecule has 0 radical (unpaired) electrons. The minimum absolute atomic E-state index is 0.0909. The van der Waals surface area contributed by atoms with Crippen molar-refractivity contribution in [1.29, 1.82) is 0 Å². The summed E-state index contributed by atoms with van der Waals surface area (Å²) in [6.45, 7) is 12.9. The van der Waals surface area contributed by atoms with Crippen molar-refractivity contribution in [2.45, 2.75) is 72.3 Å². The first-order valence-electron chi connectivity index (χ1n) is 10.9. The van der Waals surface area contributed by atoms with E-state index < -0.39 is 35.4 Å². The van der Waals surface area contributed by atoms with Crippen molar-refractivity contribution < 1.29 is 28.6 Å². The fourth-order valence-corrected chi connectivity index (χ4v) is 3.44. The lowest BCUT2D eigenvalue weighted by Gasteiger charge is -2.25. The highest BCUT2D eigenvalue weighted by Gasteiger charge is 2.23. The second kappa shape index (κ2) is 11.3. The van der Waals surface area contributed by atoms with Gasteiger partial charge in [-0.15, -0.1) is 11.3 Å². The summed E-state index contributed by atoms with van der Waals surface area (Å²) < 4.78 is 17.2. The minimum Gasteiger partial charge on any atom is -0.462 e. The molecule has 0 saturated heterocycles. The van der Waals surface area contributed by atoms with Gasteiger partial charge < -0.3 is 24.8 Å². The van der Waals surface area contributed by atoms with Crippen LogP contribution in [0.4, 0.5) is 9.59 Å². The fourth-order valence-electron chi connectivity index (χ4n) is 2.66. The molecule has 1 unspecified atom stereocenters. The average Bonchev–Trinajstić information content (AvgIpc) is 3.33. The van der Waals surface area contributed by atoms with Crippen LogP contribution in [0.5, 0.6) is 0 Å². The first-order chi connectivity index (χ1) is 15.8. The molecule has 2 amide bonds. The number of nitrogens with zero attached hydrogens (tertiary/aromatic N) is 3. The summed E-state index contributed by atoms with van der Waals surface area (Å²) in [6, 6.07) is -0.540. The van der Waals surface area contributed by atoms with Crippen molar-refractivity contribution in [3.8, 4) is 10.6 Å². The number of carbonyl (C=O) groups is 3. The smallest absolute Gasteiger partial charge is 0.407 e. The largest absolute Gasteiger partial charge is 0.462 e. The van der Waals surface area contributed by atoms with E-state index in [-0.39, 0.29) is 19.7 Å². The van der Waals surface area contributed by atoms with E-state index in [2.05, 4.69) is 20.7 Å². The van der Waals surface area contributed by atoms with Crippen molar-refractivity contribution in [2.75, 3.05) is 13.2 Å². The van der Waals surface area contributed by atoms with E-state index in [1.165, 1.54) is 17.5 Å². The van der Waals surface area contributed by atoms with Crippen LogP contribution in [0.15, 0.2) is 18.6 Å². The maximum absolute atomic E-state index is 12.3. The van der Waals surface area contributed by atoms with E-state index in [1.54, 1.807) is 65.5 Å². The van der Waals surface area contributed by atoms with Crippen LogP contribution >= 0.6 is 11.3 Å². The molecule has 2 aromatic rings. The second-order valence-electron chi connectivity index (χ2n) is 9.43. The molecule has 12 heteroatoms. The molecule has 34 heavy (non-hydrogen) atoms. The predicted octanol–water partition coefficient (Wildman–Crippen LogP) is 3.60. The highest BCUT2D eigenvalue weighted by Crippen LogP contribution is 2.25. The molecular weight excluding hydrogens is 462 g/mol. The van der Waals surface area contributed by atoms with Gasteiger partial charge in [0.05, 0.1) is 31.6 Å². The van der Waals surface area contributed by atoms with Gasteiger partial charge in [-0.05, 0) is 48.5 Å². The Labute approximate surface area is 203 Å². The number of amides is 2. The Morgan fingerprint density at radius 3 is 2.32 bits per heavy atom. The van der Waals surface area contributed by atoms with Gasteiger partial charge in [0.1, 0.15) is 21.1 Å². The van der Waals surface area contributed by atoms with Crippen molar-refractivity contribution in [1.82, 2.24) is 25.4 Å². The molecule has 0 aliphatic heterocycles. The Kier molecular flexibility index (Phi) is 9.02. The molecule has 0 aliphatic rings. The van der Waals surface area contributed by atoms with Crippen LogP contribution in [0, 0.1) is 0 Å². The van der Waals surface area contributed by atoms with Gasteiger partial charge in [0.15, 0.2) is 0 Å². The molecule has 0 saturated carbocycles. The van der Waals surface area contributed by atoms with Crippen LogP contribution in [0.2, 0.25) is 0 Å². The van der Waals surface area contributed by atoms with E-state index in [4.69, 9.17) is 14.2 Å². The number of rotatable bonds is 8. The molecule has 0 bridgehead atoms. The van der Waals surface area contributed by atoms with Gasteiger partial charge in [-0.2, -0.15) is 5.10 Å². The maximum atomic E-state index is 12.3. The SMILES string of the molecule is CCOC(=O)c1cnc(-c2cnn(CC(CNC(=O)OC(C)(C)C)NC(=O)OC(C)(C)C)c2)s1. The fraction of sp³-hybridized carbons (Fsp3) is 0.591. The Hall–Kier alpha value is -3.15. The van der Waals surface area contributed by atoms with E-state index in [0.29, 0.717) is 15.4 Å². The number of thiazole rings is 1. The summed E-state index contributed by atoms with van der Waals surface area (Å²) in [5, 5.41) is 10.3. The topological polar surface area (TPSA) is 134 Å². The molecule has 11 nitrogen and oxygen atoms in total. The third-order valence-corrected chi connectivity index (χ3v) is 4.91. The van der Waals surface area contributed by atoms with Crippen LogP contribution in [0.1, 0.15) is 58.1 Å². The molecule has 0 aliphatic carbocycles. The lowest BCUT2D eigenvalue weighted by molar-refractivity contribution is 0.0457. The Balaban J connectivity index is 2.09. The van der Waals surface area contributed by atoms with Gasteiger partial charge >= 0.3 is 18.2 Å². The molecule has 2 rings (SSSR count). The van der Waals surface area contributed by atoms with E-state index in [1.807, 2.05) is 0 Å². The normalized spacial score (nSPS) is 12.6. The van der Waals surface area contributed by atoms with E-state index in [9.17, 15) is 14.4 Å². The van der Waals surface area contributed by atoms with Gasteiger partial charge in [-0.3, -0.25) is 4.68 Å². The van der Waals surface area contributed by atoms with Crippen LogP contribution in [-0.4, -0.2) is 63.3 Å². The van der Waals surface area contributed by atoms with Gasteiger partial charge in [0, 0.05) is 18.3 Å².